The summed E-state index contributed by atoms with van der Waals surface area (Å²) in [6, 6.07) is 7.79. The molecule has 0 spiro atoms. The van der Waals surface area contributed by atoms with Crippen LogP contribution in [0, 0.1) is 6.92 Å². The molecule has 0 aliphatic carbocycles. The molecule has 0 amide bonds. The zero-order chi connectivity index (χ0) is 20.1. The summed E-state index contributed by atoms with van der Waals surface area (Å²) in [6.07, 6.45) is 10.8. The van der Waals surface area contributed by atoms with Gasteiger partial charge in [0.05, 0.1) is 35.1 Å². The van der Waals surface area contributed by atoms with Crippen LogP contribution in [0.15, 0.2) is 61.6 Å². The number of aromatic amines is 2. The van der Waals surface area contributed by atoms with Crippen LogP contribution in [0.4, 0.5) is 0 Å². The topological polar surface area (TPSA) is 114 Å². The van der Waals surface area contributed by atoms with E-state index in [4.69, 9.17) is 0 Å². The lowest BCUT2D eigenvalue weighted by Gasteiger charge is -2.02. The van der Waals surface area contributed by atoms with Crippen molar-refractivity contribution in [1.29, 1.82) is 0 Å². The number of nitrogens with one attached hydrogen (secondary N) is 2. The van der Waals surface area contributed by atoms with Gasteiger partial charge in [0.15, 0.2) is 11.5 Å². The number of hydrogen-bond donors (Lipinski definition) is 2. The number of hydrogen-bond acceptors (Lipinski definition) is 6. The molecule has 0 saturated carbocycles. The highest BCUT2D eigenvalue weighted by molar-refractivity contribution is 5.95. The van der Waals surface area contributed by atoms with Gasteiger partial charge >= 0.3 is 0 Å². The molecule has 0 aromatic carbocycles. The van der Waals surface area contributed by atoms with Gasteiger partial charge in [0.2, 0.25) is 0 Å². The Morgan fingerprint density at radius 1 is 1.03 bits per heavy atom. The second-order valence-electron chi connectivity index (χ2n) is 6.97. The van der Waals surface area contributed by atoms with Crippen LogP contribution in [0.25, 0.3) is 50.5 Å². The lowest BCUT2D eigenvalue weighted by Crippen LogP contribution is -1.92. The van der Waals surface area contributed by atoms with Gasteiger partial charge in [0.25, 0.3) is 0 Å². The summed E-state index contributed by atoms with van der Waals surface area (Å²) >= 11 is 0. The van der Waals surface area contributed by atoms with Crippen LogP contribution in [-0.4, -0.2) is 44.7 Å². The van der Waals surface area contributed by atoms with E-state index in [-0.39, 0.29) is 0 Å². The highest BCUT2D eigenvalue weighted by atomic mass is 15.2. The first-order valence-electron chi connectivity index (χ1n) is 9.37. The number of nitrogens with zero attached hydrogens (tertiary/aromatic N) is 7. The molecule has 0 fully saturated rings. The Morgan fingerprint density at radius 3 is 2.83 bits per heavy atom. The van der Waals surface area contributed by atoms with Crippen molar-refractivity contribution in [2.45, 2.75) is 6.92 Å². The van der Waals surface area contributed by atoms with Crippen LogP contribution >= 0.6 is 0 Å². The molecule has 144 valence electrons. The van der Waals surface area contributed by atoms with Gasteiger partial charge in [-0.25, -0.2) is 15.0 Å². The first-order chi connectivity index (χ1) is 14.8. The van der Waals surface area contributed by atoms with E-state index in [1.54, 1.807) is 31.1 Å². The SMILES string of the molecule is Cc1cn(-c2ccnc3nc(-c4n[nH]c5cnc(-c6cccnc6)cc45)[nH]c23)cn1. The van der Waals surface area contributed by atoms with E-state index in [2.05, 4.69) is 40.1 Å². The van der Waals surface area contributed by atoms with E-state index in [0.717, 1.165) is 39.1 Å². The van der Waals surface area contributed by atoms with Gasteiger partial charge in [-0.15, -0.1) is 0 Å². The number of imidazole rings is 2. The van der Waals surface area contributed by atoms with Crippen LogP contribution in [0.3, 0.4) is 0 Å². The molecule has 0 atom stereocenters. The summed E-state index contributed by atoms with van der Waals surface area (Å²) in [7, 11) is 0. The fraction of sp³-hybridized carbons (Fsp3) is 0.0476. The molecule has 6 rings (SSSR count). The van der Waals surface area contributed by atoms with Crippen molar-refractivity contribution < 1.29 is 0 Å². The van der Waals surface area contributed by atoms with Crippen LogP contribution in [0.1, 0.15) is 5.69 Å². The first kappa shape index (κ1) is 16.5. The third kappa shape index (κ3) is 2.56. The number of pyridine rings is 3. The van der Waals surface area contributed by atoms with Gasteiger partial charge in [-0.05, 0) is 31.2 Å². The van der Waals surface area contributed by atoms with E-state index in [1.165, 1.54) is 0 Å². The molecule has 9 heteroatoms. The predicted molar refractivity (Wildman–Crippen MR) is 112 cm³/mol. The molecule has 6 aromatic heterocycles. The Labute approximate surface area is 169 Å². The van der Waals surface area contributed by atoms with Crippen molar-refractivity contribution in [3.8, 4) is 28.5 Å². The van der Waals surface area contributed by atoms with E-state index in [0.29, 0.717) is 17.2 Å². The number of fused-ring (bicyclic) bond motifs is 2. The van der Waals surface area contributed by atoms with E-state index >= 15 is 0 Å². The predicted octanol–water partition coefficient (Wildman–Crippen LogP) is 3.45. The van der Waals surface area contributed by atoms with Crippen molar-refractivity contribution in [3.63, 3.8) is 0 Å². The average molecular weight is 393 g/mol. The van der Waals surface area contributed by atoms with Gasteiger partial charge in [0.1, 0.15) is 11.2 Å². The molecule has 0 aliphatic rings. The lowest BCUT2D eigenvalue weighted by atomic mass is 10.1. The van der Waals surface area contributed by atoms with Crippen LogP contribution in [-0.2, 0) is 0 Å². The molecular formula is C21H15N9. The van der Waals surface area contributed by atoms with Crippen molar-refractivity contribution >= 4 is 22.1 Å². The number of aryl methyl sites for hydroxylation is 1. The van der Waals surface area contributed by atoms with Gasteiger partial charge in [-0.1, -0.05) is 0 Å². The minimum Gasteiger partial charge on any atom is -0.333 e. The first-order valence-corrected chi connectivity index (χ1v) is 9.37. The van der Waals surface area contributed by atoms with Gasteiger partial charge < -0.3 is 9.55 Å². The highest BCUT2D eigenvalue weighted by Crippen LogP contribution is 2.29. The summed E-state index contributed by atoms with van der Waals surface area (Å²) in [4.78, 5) is 25.5. The Kier molecular flexibility index (Phi) is 3.48. The monoisotopic (exact) mass is 393 g/mol. The maximum Gasteiger partial charge on any atom is 0.180 e. The lowest BCUT2D eigenvalue weighted by molar-refractivity contribution is 1.06. The molecule has 0 bridgehead atoms. The Balaban J connectivity index is 1.52. The van der Waals surface area contributed by atoms with Crippen LogP contribution < -0.4 is 0 Å². The van der Waals surface area contributed by atoms with Crippen LogP contribution in [0.5, 0.6) is 0 Å². The Morgan fingerprint density at radius 2 is 2.00 bits per heavy atom. The number of H-pyrrole nitrogens is 2. The molecule has 0 radical (unpaired) electrons. The summed E-state index contributed by atoms with van der Waals surface area (Å²) < 4.78 is 1.95. The van der Waals surface area contributed by atoms with Gasteiger partial charge in [0, 0.05) is 35.7 Å². The summed E-state index contributed by atoms with van der Waals surface area (Å²) in [5.41, 5.74) is 6.61. The number of aromatic nitrogens is 9. The van der Waals surface area contributed by atoms with Crippen molar-refractivity contribution in [1.82, 2.24) is 44.7 Å². The van der Waals surface area contributed by atoms with E-state index in [9.17, 15) is 0 Å². The largest absolute Gasteiger partial charge is 0.333 e. The van der Waals surface area contributed by atoms with Gasteiger partial charge in [-0.2, -0.15) is 5.10 Å². The molecule has 0 unspecified atom stereocenters. The molecule has 0 saturated heterocycles. The fourth-order valence-corrected chi connectivity index (χ4v) is 3.55. The molecule has 30 heavy (non-hydrogen) atoms. The van der Waals surface area contributed by atoms with Crippen molar-refractivity contribution in [2.24, 2.45) is 0 Å². The standard InChI is InChI=1S/C21H15N9/c1-12-10-30(11-25-12)17-4-6-23-20-19(17)26-21(27-20)18-14-7-15(13-3-2-5-22-8-13)24-9-16(14)28-29-18/h2-11H,1H3,(H,28,29)(H,23,26,27). The average Bonchev–Trinajstić information content (AvgIpc) is 3.51. The molecule has 6 heterocycles. The zero-order valence-corrected chi connectivity index (χ0v) is 15.9. The smallest absolute Gasteiger partial charge is 0.180 e. The molecule has 2 N–H and O–H groups in total. The molecule has 6 aromatic rings. The third-order valence-corrected chi connectivity index (χ3v) is 4.99. The normalized spacial score (nSPS) is 11.5. The summed E-state index contributed by atoms with van der Waals surface area (Å²) in [5.74, 6) is 0.636. The Hall–Kier alpha value is -4.40. The van der Waals surface area contributed by atoms with Crippen LogP contribution in [0.2, 0.25) is 0 Å². The molecule has 9 nitrogen and oxygen atoms in total. The maximum atomic E-state index is 4.69. The molecular weight excluding hydrogens is 378 g/mol. The van der Waals surface area contributed by atoms with E-state index < -0.39 is 0 Å². The second-order valence-corrected chi connectivity index (χ2v) is 6.97. The maximum absolute atomic E-state index is 4.69. The van der Waals surface area contributed by atoms with Crippen molar-refractivity contribution in [2.75, 3.05) is 0 Å². The van der Waals surface area contributed by atoms with Crippen molar-refractivity contribution in [3.05, 3.63) is 67.3 Å². The fourth-order valence-electron chi connectivity index (χ4n) is 3.55. The van der Waals surface area contributed by atoms with Gasteiger partial charge in [-0.3, -0.25) is 15.1 Å². The minimum absolute atomic E-state index is 0.617. The third-order valence-electron chi connectivity index (χ3n) is 4.99. The quantitative estimate of drug-likeness (QED) is 0.476. The van der Waals surface area contributed by atoms with E-state index in [1.807, 2.05) is 42.0 Å². The zero-order valence-electron chi connectivity index (χ0n) is 15.9. The highest BCUT2D eigenvalue weighted by Gasteiger charge is 2.16. The summed E-state index contributed by atoms with van der Waals surface area (Å²) in [6.45, 7) is 1.96. The second kappa shape index (κ2) is 6.31. The minimum atomic E-state index is 0.617. The Bertz CT molecular complexity index is 1510. The summed E-state index contributed by atoms with van der Waals surface area (Å²) in [5, 5.41) is 8.44. The number of rotatable bonds is 3. The molecule has 0 aliphatic heterocycles.